The Balaban J connectivity index is 1.86. The summed E-state index contributed by atoms with van der Waals surface area (Å²) in [6.45, 7) is 0.943. The van der Waals surface area contributed by atoms with Gasteiger partial charge in [0, 0.05) is 42.5 Å². The molecule has 0 radical (unpaired) electrons. The number of hydrogen-bond acceptors (Lipinski definition) is 6. The molecule has 0 saturated heterocycles. The molecule has 2 aromatic carbocycles. The Bertz CT molecular complexity index is 1250. The van der Waals surface area contributed by atoms with E-state index in [4.69, 9.17) is 5.73 Å². The number of rotatable bonds is 10. The number of fused-ring (bicyclic) bond motifs is 1. The predicted octanol–water partition coefficient (Wildman–Crippen LogP) is 2.61. The molecule has 0 spiro atoms. The van der Waals surface area contributed by atoms with Crippen molar-refractivity contribution in [2.24, 2.45) is 5.73 Å². The van der Waals surface area contributed by atoms with E-state index in [2.05, 4.69) is 4.98 Å². The molecule has 0 amide bonds. The van der Waals surface area contributed by atoms with Crippen LogP contribution in [0.2, 0.25) is 0 Å². The number of benzene rings is 2. The minimum absolute atomic E-state index is 0.237. The first-order valence-corrected chi connectivity index (χ1v) is 13.4. The largest absolute Gasteiger partial charge is 0.330 e. The van der Waals surface area contributed by atoms with E-state index >= 15 is 0 Å². The van der Waals surface area contributed by atoms with E-state index in [-0.39, 0.29) is 16.3 Å². The summed E-state index contributed by atoms with van der Waals surface area (Å²) in [5.74, 6) is 0. The van der Waals surface area contributed by atoms with Crippen LogP contribution in [0.5, 0.6) is 0 Å². The van der Waals surface area contributed by atoms with Gasteiger partial charge in [0.2, 0.25) is 10.0 Å². The number of pyridine rings is 1. The SMILES string of the molecule is CS(=O)(=O)c1ccccc1CCCN(CCCN)S(=O)(=O)c1cccc2cnccc12. The van der Waals surface area contributed by atoms with Crippen LogP contribution in [0.4, 0.5) is 0 Å². The Labute approximate surface area is 183 Å². The van der Waals surface area contributed by atoms with E-state index in [0.717, 1.165) is 5.39 Å². The van der Waals surface area contributed by atoms with Crippen LogP contribution < -0.4 is 5.73 Å². The summed E-state index contributed by atoms with van der Waals surface area (Å²) in [4.78, 5) is 4.59. The van der Waals surface area contributed by atoms with Gasteiger partial charge in [-0.1, -0.05) is 30.3 Å². The van der Waals surface area contributed by atoms with E-state index in [1.54, 1.807) is 54.9 Å². The molecule has 2 N–H and O–H groups in total. The van der Waals surface area contributed by atoms with Crippen LogP contribution >= 0.6 is 0 Å². The van der Waals surface area contributed by atoms with Crippen LogP contribution in [0.15, 0.2) is 70.7 Å². The molecule has 0 bridgehead atoms. The number of nitrogens with two attached hydrogens (primary N) is 1. The number of hydrogen-bond donors (Lipinski definition) is 1. The van der Waals surface area contributed by atoms with Crippen molar-refractivity contribution >= 4 is 30.6 Å². The van der Waals surface area contributed by atoms with Crippen molar-refractivity contribution < 1.29 is 16.8 Å². The maximum absolute atomic E-state index is 13.5. The van der Waals surface area contributed by atoms with Gasteiger partial charge in [-0.15, -0.1) is 0 Å². The van der Waals surface area contributed by atoms with Crippen molar-refractivity contribution in [2.75, 3.05) is 25.9 Å². The molecule has 0 aliphatic rings. The molecular weight excluding hydrogens is 434 g/mol. The monoisotopic (exact) mass is 461 g/mol. The Morgan fingerprint density at radius 3 is 2.35 bits per heavy atom. The first-order chi connectivity index (χ1) is 14.7. The van der Waals surface area contributed by atoms with Crippen LogP contribution in [0.3, 0.4) is 0 Å². The molecule has 7 nitrogen and oxygen atoms in total. The smallest absolute Gasteiger partial charge is 0.243 e. The summed E-state index contributed by atoms with van der Waals surface area (Å²) in [6, 6.07) is 13.7. The summed E-state index contributed by atoms with van der Waals surface area (Å²) < 4.78 is 52.5. The van der Waals surface area contributed by atoms with Crippen molar-refractivity contribution in [3.63, 3.8) is 0 Å². The molecule has 9 heteroatoms. The summed E-state index contributed by atoms with van der Waals surface area (Å²) in [5, 5.41) is 1.38. The zero-order valence-electron chi connectivity index (χ0n) is 17.4. The molecule has 1 heterocycles. The molecule has 0 aliphatic carbocycles. The minimum Gasteiger partial charge on any atom is -0.330 e. The minimum atomic E-state index is -3.76. The summed E-state index contributed by atoms with van der Waals surface area (Å²) >= 11 is 0. The van der Waals surface area contributed by atoms with Gasteiger partial charge in [0.15, 0.2) is 9.84 Å². The lowest BCUT2D eigenvalue weighted by Gasteiger charge is -2.23. The van der Waals surface area contributed by atoms with Gasteiger partial charge in [-0.3, -0.25) is 4.98 Å². The van der Waals surface area contributed by atoms with Gasteiger partial charge >= 0.3 is 0 Å². The Kier molecular flexibility index (Phi) is 7.42. The molecule has 0 unspecified atom stereocenters. The van der Waals surface area contributed by atoms with Gasteiger partial charge in [-0.05, 0) is 49.6 Å². The van der Waals surface area contributed by atoms with Crippen LogP contribution in [0, 0.1) is 0 Å². The van der Waals surface area contributed by atoms with E-state index in [1.165, 1.54) is 10.6 Å². The molecule has 3 rings (SSSR count). The summed E-state index contributed by atoms with van der Waals surface area (Å²) in [6.07, 6.45) is 5.87. The van der Waals surface area contributed by atoms with Crippen molar-refractivity contribution in [3.05, 3.63) is 66.5 Å². The van der Waals surface area contributed by atoms with Crippen molar-refractivity contribution in [3.8, 4) is 0 Å². The van der Waals surface area contributed by atoms with Crippen molar-refractivity contribution in [1.29, 1.82) is 0 Å². The van der Waals surface area contributed by atoms with Gasteiger partial charge in [-0.25, -0.2) is 16.8 Å². The second-order valence-electron chi connectivity index (χ2n) is 7.38. The fourth-order valence-electron chi connectivity index (χ4n) is 3.59. The summed E-state index contributed by atoms with van der Waals surface area (Å²) in [7, 11) is -7.11. The molecule has 1 aromatic heterocycles. The third kappa shape index (κ3) is 5.48. The van der Waals surface area contributed by atoms with Gasteiger partial charge in [0.1, 0.15) is 0 Å². The first-order valence-electron chi connectivity index (χ1n) is 10.1. The lowest BCUT2D eigenvalue weighted by Crippen LogP contribution is -2.34. The highest BCUT2D eigenvalue weighted by atomic mass is 32.2. The fraction of sp³-hybridized carbons (Fsp3) is 0.318. The lowest BCUT2D eigenvalue weighted by molar-refractivity contribution is 0.400. The molecule has 3 aromatic rings. The number of sulfone groups is 1. The lowest BCUT2D eigenvalue weighted by atomic mass is 10.1. The maximum atomic E-state index is 13.5. The number of nitrogens with zero attached hydrogens (tertiary/aromatic N) is 2. The second-order valence-corrected chi connectivity index (χ2v) is 11.3. The molecule has 0 atom stereocenters. The van der Waals surface area contributed by atoms with Crippen molar-refractivity contribution in [2.45, 2.75) is 29.1 Å². The maximum Gasteiger partial charge on any atom is 0.243 e. The highest BCUT2D eigenvalue weighted by Gasteiger charge is 2.26. The number of aromatic nitrogens is 1. The van der Waals surface area contributed by atoms with Gasteiger partial charge < -0.3 is 5.73 Å². The van der Waals surface area contributed by atoms with Crippen LogP contribution in [-0.2, 0) is 26.3 Å². The average Bonchev–Trinajstić information content (AvgIpc) is 2.75. The third-order valence-corrected chi connectivity index (χ3v) is 8.25. The zero-order valence-corrected chi connectivity index (χ0v) is 19.1. The van der Waals surface area contributed by atoms with Crippen LogP contribution in [0.25, 0.3) is 10.8 Å². The van der Waals surface area contributed by atoms with Crippen LogP contribution in [-0.4, -0.2) is 52.0 Å². The van der Waals surface area contributed by atoms with E-state index in [1.807, 2.05) is 6.07 Å². The highest BCUT2D eigenvalue weighted by Crippen LogP contribution is 2.26. The van der Waals surface area contributed by atoms with E-state index in [0.29, 0.717) is 43.3 Å². The van der Waals surface area contributed by atoms with Gasteiger partial charge in [-0.2, -0.15) is 4.31 Å². The third-order valence-electron chi connectivity index (χ3n) is 5.10. The zero-order chi connectivity index (χ0) is 22.5. The Hall–Kier alpha value is -2.33. The molecular formula is C22H27N3O4S2. The highest BCUT2D eigenvalue weighted by molar-refractivity contribution is 7.90. The van der Waals surface area contributed by atoms with Crippen molar-refractivity contribution in [1.82, 2.24) is 9.29 Å². The van der Waals surface area contributed by atoms with E-state index < -0.39 is 19.9 Å². The Morgan fingerprint density at radius 1 is 0.903 bits per heavy atom. The van der Waals surface area contributed by atoms with Crippen LogP contribution in [0.1, 0.15) is 18.4 Å². The molecule has 0 aliphatic heterocycles. The molecule has 31 heavy (non-hydrogen) atoms. The molecule has 0 saturated carbocycles. The number of sulfonamides is 1. The normalized spacial score (nSPS) is 12.5. The standard InChI is InChI=1S/C22H27N3O4S2/c1-30(26,27)21-10-3-2-7-18(21)9-5-15-25(16-6-13-23)31(28,29)22-11-4-8-19-17-24-14-12-20(19)22/h2-4,7-8,10-12,14,17H,5-6,9,13,15-16,23H2,1H3. The molecule has 166 valence electrons. The molecule has 0 fully saturated rings. The first kappa shape index (κ1) is 23.3. The van der Waals surface area contributed by atoms with Gasteiger partial charge in [0.05, 0.1) is 9.79 Å². The second kappa shape index (κ2) is 9.86. The quantitative estimate of drug-likeness (QED) is 0.497. The Morgan fingerprint density at radius 2 is 1.61 bits per heavy atom. The predicted molar refractivity (Wildman–Crippen MR) is 122 cm³/mol. The average molecular weight is 462 g/mol. The topological polar surface area (TPSA) is 110 Å². The number of aryl methyl sites for hydroxylation is 1. The van der Waals surface area contributed by atoms with Gasteiger partial charge in [0.25, 0.3) is 0 Å². The van der Waals surface area contributed by atoms with E-state index in [9.17, 15) is 16.8 Å². The summed E-state index contributed by atoms with van der Waals surface area (Å²) in [5.41, 5.74) is 6.33. The fourth-order valence-corrected chi connectivity index (χ4v) is 6.30.